The van der Waals surface area contributed by atoms with Gasteiger partial charge in [0.05, 0.1) is 12.6 Å². The second kappa shape index (κ2) is 3.65. The van der Waals surface area contributed by atoms with Gasteiger partial charge >= 0.3 is 0 Å². The van der Waals surface area contributed by atoms with Crippen LogP contribution in [0.3, 0.4) is 0 Å². The molecule has 2 rings (SSSR count). The number of nitrogens with one attached hydrogen (secondary N) is 1. The van der Waals surface area contributed by atoms with Crippen LogP contribution in [0.25, 0.3) is 0 Å². The normalized spacial score (nSPS) is 19.7. The predicted molar refractivity (Wildman–Crippen MR) is 55.4 cm³/mol. The molecule has 0 fully saturated rings. The summed E-state index contributed by atoms with van der Waals surface area (Å²) in [7, 11) is 0. The van der Waals surface area contributed by atoms with Crippen molar-refractivity contribution >= 4 is 21.6 Å². The fourth-order valence-electron chi connectivity index (χ4n) is 1.63. The molecule has 0 radical (unpaired) electrons. The molecule has 4 heteroatoms. The van der Waals surface area contributed by atoms with Crippen LogP contribution in [0.2, 0.25) is 0 Å². The van der Waals surface area contributed by atoms with Crippen molar-refractivity contribution in [3.05, 3.63) is 28.2 Å². The maximum absolute atomic E-state index is 5.02. The molecule has 0 amide bonds. The SMILES string of the molecule is NOCC1Cc2cc(Br)ccc2N1. The van der Waals surface area contributed by atoms with Crippen LogP contribution in [-0.4, -0.2) is 12.6 Å². The van der Waals surface area contributed by atoms with Crippen molar-refractivity contribution in [3.8, 4) is 0 Å². The Labute approximate surface area is 85.3 Å². The van der Waals surface area contributed by atoms with E-state index in [-0.39, 0.29) is 0 Å². The van der Waals surface area contributed by atoms with E-state index in [9.17, 15) is 0 Å². The van der Waals surface area contributed by atoms with E-state index in [2.05, 4.69) is 38.2 Å². The lowest BCUT2D eigenvalue weighted by Gasteiger charge is -2.07. The highest BCUT2D eigenvalue weighted by Gasteiger charge is 2.20. The van der Waals surface area contributed by atoms with Gasteiger partial charge in [-0.3, -0.25) is 0 Å². The first-order valence-corrected chi connectivity index (χ1v) is 4.95. The van der Waals surface area contributed by atoms with Crippen molar-refractivity contribution in [2.75, 3.05) is 11.9 Å². The number of hydrogen-bond donors (Lipinski definition) is 2. The number of hydrogen-bond acceptors (Lipinski definition) is 3. The summed E-state index contributed by atoms with van der Waals surface area (Å²) in [6.07, 6.45) is 0.978. The second-order valence-corrected chi connectivity index (χ2v) is 4.10. The average Bonchev–Trinajstić information content (AvgIpc) is 2.46. The summed E-state index contributed by atoms with van der Waals surface area (Å²) in [6, 6.07) is 6.53. The molecule has 1 aliphatic heterocycles. The van der Waals surface area contributed by atoms with Gasteiger partial charge < -0.3 is 10.2 Å². The molecule has 1 aliphatic rings. The minimum absolute atomic E-state index is 0.314. The van der Waals surface area contributed by atoms with E-state index in [1.54, 1.807) is 0 Å². The first kappa shape index (κ1) is 8.99. The Hall–Kier alpha value is -0.580. The van der Waals surface area contributed by atoms with E-state index >= 15 is 0 Å². The summed E-state index contributed by atoms with van der Waals surface area (Å²) in [5.41, 5.74) is 2.50. The van der Waals surface area contributed by atoms with Gasteiger partial charge in [-0.05, 0) is 30.2 Å². The highest BCUT2D eigenvalue weighted by atomic mass is 79.9. The number of benzene rings is 1. The Balaban J connectivity index is 2.16. The summed E-state index contributed by atoms with van der Waals surface area (Å²) < 4.78 is 1.11. The van der Waals surface area contributed by atoms with Gasteiger partial charge in [0.15, 0.2) is 0 Å². The fraction of sp³-hybridized carbons (Fsp3) is 0.333. The molecular weight excluding hydrogens is 232 g/mol. The van der Waals surface area contributed by atoms with Gasteiger partial charge in [-0.2, -0.15) is 0 Å². The standard InChI is InChI=1S/C9H11BrN2O/c10-7-1-2-9-6(3-7)4-8(12-9)5-13-11/h1-3,8,12H,4-5,11H2. The quantitative estimate of drug-likeness (QED) is 0.777. The molecule has 1 atom stereocenters. The minimum atomic E-state index is 0.314. The third kappa shape index (κ3) is 1.85. The van der Waals surface area contributed by atoms with Crippen LogP contribution in [0, 0.1) is 0 Å². The van der Waals surface area contributed by atoms with Gasteiger partial charge in [0.2, 0.25) is 0 Å². The maximum atomic E-state index is 5.02. The van der Waals surface area contributed by atoms with Gasteiger partial charge in [0.1, 0.15) is 0 Å². The van der Waals surface area contributed by atoms with Gasteiger partial charge in [0.25, 0.3) is 0 Å². The van der Waals surface area contributed by atoms with E-state index < -0.39 is 0 Å². The zero-order chi connectivity index (χ0) is 9.26. The lowest BCUT2D eigenvalue weighted by atomic mass is 10.1. The molecule has 0 spiro atoms. The Morgan fingerprint density at radius 1 is 1.62 bits per heavy atom. The average molecular weight is 243 g/mol. The summed E-state index contributed by atoms with van der Waals surface area (Å²) in [6.45, 7) is 0.548. The van der Waals surface area contributed by atoms with Crippen molar-refractivity contribution in [2.45, 2.75) is 12.5 Å². The van der Waals surface area contributed by atoms with E-state index in [1.165, 1.54) is 11.3 Å². The lowest BCUT2D eigenvalue weighted by molar-refractivity contribution is 0.129. The topological polar surface area (TPSA) is 47.3 Å². The largest absolute Gasteiger partial charge is 0.379 e. The molecule has 1 heterocycles. The van der Waals surface area contributed by atoms with Crippen LogP contribution in [0.1, 0.15) is 5.56 Å². The van der Waals surface area contributed by atoms with Crippen molar-refractivity contribution in [1.82, 2.24) is 0 Å². The fourth-order valence-corrected chi connectivity index (χ4v) is 2.03. The van der Waals surface area contributed by atoms with Crippen LogP contribution in [0.4, 0.5) is 5.69 Å². The van der Waals surface area contributed by atoms with E-state index in [0.717, 1.165) is 10.9 Å². The van der Waals surface area contributed by atoms with Gasteiger partial charge in [-0.15, -0.1) is 0 Å². The first-order chi connectivity index (χ1) is 6.29. The number of halogens is 1. The molecule has 1 aromatic carbocycles. The first-order valence-electron chi connectivity index (χ1n) is 4.16. The molecule has 1 unspecified atom stereocenters. The molecule has 70 valence electrons. The van der Waals surface area contributed by atoms with E-state index in [4.69, 9.17) is 5.90 Å². The molecule has 1 aromatic rings. The second-order valence-electron chi connectivity index (χ2n) is 3.18. The van der Waals surface area contributed by atoms with Crippen LogP contribution in [-0.2, 0) is 11.3 Å². The van der Waals surface area contributed by atoms with Crippen molar-refractivity contribution in [2.24, 2.45) is 5.90 Å². The number of nitrogens with two attached hydrogens (primary N) is 1. The predicted octanol–water partition coefficient (Wildman–Crippen LogP) is 1.68. The van der Waals surface area contributed by atoms with Crippen molar-refractivity contribution in [1.29, 1.82) is 0 Å². The van der Waals surface area contributed by atoms with E-state index in [1.807, 2.05) is 6.07 Å². The van der Waals surface area contributed by atoms with Crippen LogP contribution < -0.4 is 11.2 Å². The Morgan fingerprint density at radius 3 is 3.23 bits per heavy atom. The van der Waals surface area contributed by atoms with Crippen LogP contribution in [0.5, 0.6) is 0 Å². The van der Waals surface area contributed by atoms with Crippen molar-refractivity contribution < 1.29 is 4.84 Å². The molecule has 0 aromatic heterocycles. The van der Waals surface area contributed by atoms with Crippen molar-refractivity contribution in [3.63, 3.8) is 0 Å². The molecule has 0 bridgehead atoms. The summed E-state index contributed by atoms with van der Waals surface area (Å²) in [5, 5.41) is 3.34. The van der Waals surface area contributed by atoms with Gasteiger partial charge in [-0.25, -0.2) is 5.90 Å². The third-order valence-corrected chi connectivity index (χ3v) is 2.68. The van der Waals surface area contributed by atoms with Gasteiger partial charge in [0, 0.05) is 10.2 Å². The Morgan fingerprint density at radius 2 is 2.46 bits per heavy atom. The minimum Gasteiger partial charge on any atom is -0.379 e. The zero-order valence-electron chi connectivity index (χ0n) is 7.09. The Kier molecular flexibility index (Phi) is 2.53. The highest BCUT2D eigenvalue weighted by molar-refractivity contribution is 9.10. The molecule has 0 aliphatic carbocycles. The molecule has 3 nitrogen and oxygen atoms in total. The smallest absolute Gasteiger partial charge is 0.0883 e. The monoisotopic (exact) mass is 242 g/mol. The third-order valence-electron chi connectivity index (χ3n) is 2.19. The van der Waals surface area contributed by atoms with Crippen LogP contribution in [0.15, 0.2) is 22.7 Å². The van der Waals surface area contributed by atoms with E-state index in [0.29, 0.717) is 12.6 Å². The number of rotatable bonds is 2. The number of fused-ring (bicyclic) bond motifs is 1. The molecular formula is C9H11BrN2O. The zero-order valence-corrected chi connectivity index (χ0v) is 8.67. The maximum Gasteiger partial charge on any atom is 0.0883 e. The Bertz CT molecular complexity index is 316. The summed E-state index contributed by atoms with van der Waals surface area (Å²) in [4.78, 5) is 4.61. The molecule has 0 saturated carbocycles. The number of anilines is 1. The summed E-state index contributed by atoms with van der Waals surface area (Å²) >= 11 is 3.44. The highest BCUT2D eigenvalue weighted by Crippen LogP contribution is 2.28. The molecule has 3 N–H and O–H groups in total. The van der Waals surface area contributed by atoms with Crippen LogP contribution >= 0.6 is 15.9 Å². The van der Waals surface area contributed by atoms with Gasteiger partial charge in [-0.1, -0.05) is 15.9 Å². The summed E-state index contributed by atoms with van der Waals surface area (Å²) in [5.74, 6) is 5.02. The lowest BCUT2D eigenvalue weighted by Crippen LogP contribution is -2.24. The molecule has 0 saturated heterocycles. The molecule has 13 heavy (non-hydrogen) atoms.